The summed E-state index contributed by atoms with van der Waals surface area (Å²) in [6.07, 6.45) is 3.30. The van der Waals surface area contributed by atoms with Gasteiger partial charge < -0.3 is 9.67 Å². The van der Waals surface area contributed by atoms with E-state index in [-0.39, 0.29) is 11.5 Å². The number of Topliss-reactive ketones (excluding diaryl/α,β-unsaturated/α-hetero) is 1. The molecule has 2 rings (SSSR count). The van der Waals surface area contributed by atoms with E-state index in [1.807, 2.05) is 6.92 Å². The maximum atomic E-state index is 11.3. The van der Waals surface area contributed by atoms with Crippen molar-refractivity contribution in [2.75, 3.05) is 0 Å². The first-order valence-electron chi connectivity index (χ1n) is 5.33. The Kier molecular flexibility index (Phi) is 3.29. The molecule has 1 N–H and O–H groups in total. The maximum Gasteiger partial charge on any atom is 0.352 e. The molecule has 0 spiro atoms. The van der Waals surface area contributed by atoms with Gasteiger partial charge >= 0.3 is 5.97 Å². The Balaban J connectivity index is 2.36. The third-order valence-electron chi connectivity index (χ3n) is 2.50. The second kappa shape index (κ2) is 4.73. The van der Waals surface area contributed by atoms with Crippen molar-refractivity contribution < 1.29 is 14.7 Å². The molecule has 18 heavy (non-hydrogen) atoms. The van der Waals surface area contributed by atoms with Crippen LogP contribution in [0.1, 0.15) is 37.7 Å². The minimum Gasteiger partial charge on any atom is -0.477 e. The van der Waals surface area contributed by atoms with Gasteiger partial charge in [0.2, 0.25) is 0 Å². The Morgan fingerprint density at radius 1 is 1.50 bits per heavy atom. The van der Waals surface area contributed by atoms with Crippen LogP contribution < -0.4 is 0 Å². The molecule has 2 aromatic rings. The predicted molar refractivity (Wildman–Crippen MR) is 67.3 cm³/mol. The van der Waals surface area contributed by atoms with E-state index in [0.29, 0.717) is 12.1 Å². The van der Waals surface area contributed by atoms with Gasteiger partial charge in [-0.05, 0) is 19.9 Å². The van der Waals surface area contributed by atoms with Gasteiger partial charge in [-0.25, -0.2) is 9.78 Å². The van der Waals surface area contributed by atoms with Crippen molar-refractivity contribution in [2.45, 2.75) is 20.4 Å². The number of aromatic carboxylic acids is 1. The quantitative estimate of drug-likeness (QED) is 0.859. The summed E-state index contributed by atoms with van der Waals surface area (Å²) in [4.78, 5) is 27.6. The summed E-state index contributed by atoms with van der Waals surface area (Å²) in [7, 11) is 0. The zero-order valence-corrected chi connectivity index (χ0v) is 10.8. The minimum atomic E-state index is -1.05. The number of hydrogen-bond acceptors (Lipinski definition) is 4. The summed E-state index contributed by atoms with van der Waals surface area (Å²) in [5.41, 5.74) is 0.508. The van der Waals surface area contributed by atoms with Crippen LogP contribution >= 0.6 is 11.3 Å². The topological polar surface area (TPSA) is 72.2 Å². The van der Waals surface area contributed by atoms with E-state index in [9.17, 15) is 9.59 Å². The molecular formula is C12H12N2O3S. The number of carboxylic acid groups (broad SMARTS) is 1. The van der Waals surface area contributed by atoms with Gasteiger partial charge in [-0.3, -0.25) is 4.79 Å². The lowest BCUT2D eigenvalue weighted by Gasteiger charge is -2.02. The summed E-state index contributed by atoms with van der Waals surface area (Å²) in [6.45, 7) is 3.72. The van der Waals surface area contributed by atoms with E-state index in [2.05, 4.69) is 4.98 Å². The number of aryl methyl sites for hydroxylation is 1. The van der Waals surface area contributed by atoms with Gasteiger partial charge in [0, 0.05) is 22.8 Å². The number of carboxylic acids is 1. The van der Waals surface area contributed by atoms with Crippen LogP contribution in [0.2, 0.25) is 0 Å². The second-order valence-corrected chi connectivity index (χ2v) is 5.29. The van der Waals surface area contributed by atoms with E-state index in [1.165, 1.54) is 28.9 Å². The molecule has 0 aliphatic carbocycles. The first-order valence-corrected chi connectivity index (χ1v) is 6.14. The first-order chi connectivity index (χ1) is 8.47. The number of aromatic nitrogens is 2. The largest absolute Gasteiger partial charge is 0.477 e. The molecule has 0 aliphatic rings. The van der Waals surface area contributed by atoms with Crippen LogP contribution in [0.15, 0.2) is 18.5 Å². The van der Waals surface area contributed by atoms with Crippen molar-refractivity contribution in [1.29, 1.82) is 0 Å². The van der Waals surface area contributed by atoms with Gasteiger partial charge in [0.25, 0.3) is 0 Å². The smallest absolute Gasteiger partial charge is 0.352 e. The molecule has 0 bridgehead atoms. The molecule has 0 saturated carbocycles. The Morgan fingerprint density at radius 3 is 2.72 bits per heavy atom. The first kappa shape index (κ1) is 12.5. The molecule has 6 heteroatoms. The molecule has 0 saturated heterocycles. The number of hydrogen-bond donors (Lipinski definition) is 1. The molecule has 0 aromatic carbocycles. The molecular weight excluding hydrogens is 252 g/mol. The highest BCUT2D eigenvalue weighted by Gasteiger charge is 2.15. The number of carbonyl (C=O) groups is 2. The standard InChI is InChI=1S/C12H12N2O3S/c1-7-4-13-11(18-7)6-14-5-9(8(2)15)3-10(14)12(16)17/h3-5H,6H2,1-2H3,(H,16,17). The van der Waals surface area contributed by atoms with Gasteiger partial charge in [-0.15, -0.1) is 11.3 Å². The van der Waals surface area contributed by atoms with E-state index >= 15 is 0 Å². The Morgan fingerprint density at radius 2 is 2.22 bits per heavy atom. The summed E-state index contributed by atoms with van der Waals surface area (Å²) in [6, 6.07) is 1.39. The van der Waals surface area contributed by atoms with Gasteiger partial charge in [0.1, 0.15) is 10.7 Å². The van der Waals surface area contributed by atoms with Crippen LogP contribution in [-0.4, -0.2) is 26.4 Å². The lowest BCUT2D eigenvalue weighted by atomic mass is 10.2. The third kappa shape index (κ3) is 2.48. The fourth-order valence-electron chi connectivity index (χ4n) is 1.63. The number of carbonyl (C=O) groups excluding carboxylic acids is 1. The normalized spacial score (nSPS) is 10.6. The summed E-state index contributed by atoms with van der Waals surface area (Å²) in [5.74, 6) is -1.19. The Hall–Kier alpha value is -1.95. The average Bonchev–Trinajstić information content (AvgIpc) is 2.85. The fourth-order valence-corrected chi connectivity index (χ4v) is 2.42. The lowest BCUT2D eigenvalue weighted by molar-refractivity contribution is 0.0685. The molecule has 2 heterocycles. The van der Waals surface area contributed by atoms with Crippen LogP contribution in [0.25, 0.3) is 0 Å². The van der Waals surface area contributed by atoms with Gasteiger partial charge in [-0.1, -0.05) is 0 Å². The van der Waals surface area contributed by atoms with Crippen molar-refractivity contribution in [1.82, 2.24) is 9.55 Å². The molecule has 0 radical (unpaired) electrons. The highest BCUT2D eigenvalue weighted by Crippen LogP contribution is 2.16. The van der Waals surface area contributed by atoms with Gasteiger partial charge in [0.05, 0.1) is 6.54 Å². The SMILES string of the molecule is CC(=O)c1cc(C(=O)O)n(Cc2ncc(C)s2)c1. The fraction of sp³-hybridized carbons (Fsp3) is 0.250. The predicted octanol–water partition coefficient (Wildman–Crippen LogP) is 2.20. The molecule has 0 fully saturated rings. The van der Waals surface area contributed by atoms with Crippen molar-refractivity contribution >= 4 is 23.1 Å². The van der Waals surface area contributed by atoms with E-state index in [4.69, 9.17) is 5.11 Å². The average molecular weight is 264 g/mol. The molecule has 0 atom stereocenters. The molecule has 0 amide bonds. The summed E-state index contributed by atoms with van der Waals surface area (Å²) >= 11 is 1.51. The monoisotopic (exact) mass is 264 g/mol. The lowest BCUT2D eigenvalue weighted by Crippen LogP contribution is -2.08. The molecule has 2 aromatic heterocycles. The van der Waals surface area contributed by atoms with Crippen molar-refractivity contribution in [3.8, 4) is 0 Å². The van der Waals surface area contributed by atoms with Crippen LogP contribution in [-0.2, 0) is 6.54 Å². The molecule has 5 nitrogen and oxygen atoms in total. The molecule has 0 aliphatic heterocycles. The number of ketones is 1. The zero-order valence-electron chi connectivity index (χ0n) is 10.0. The van der Waals surface area contributed by atoms with Crippen molar-refractivity contribution in [3.05, 3.63) is 39.6 Å². The van der Waals surface area contributed by atoms with Crippen LogP contribution in [0.3, 0.4) is 0 Å². The van der Waals surface area contributed by atoms with Crippen LogP contribution in [0.5, 0.6) is 0 Å². The molecule has 0 unspecified atom stereocenters. The highest BCUT2D eigenvalue weighted by atomic mass is 32.1. The van der Waals surface area contributed by atoms with E-state index in [1.54, 1.807) is 12.4 Å². The summed E-state index contributed by atoms with van der Waals surface area (Å²) in [5, 5.41) is 9.91. The summed E-state index contributed by atoms with van der Waals surface area (Å²) < 4.78 is 1.54. The number of nitrogens with zero attached hydrogens (tertiary/aromatic N) is 2. The highest BCUT2D eigenvalue weighted by molar-refractivity contribution is 7.11. The van der Waals surface area contributed by atoms with E-state index < -0.39 is 5.97 Å². The number of rotatable bonds is 4. The van der Waals surface area contributed by atoms with E-state index in [0.717, 1.165) is 9.88 Å². The number of thiazole rings is 1. The van der Waals surface area contributed by atoms with Gasteiger partial charge in [0.15, 0.2) is 5.78 Å². The van der Waals surface area contributed by atoms with Crippen LogP contribution in [0.4, 0.5) is 0 Å². The maximum absolute atomic E-state index is 11.3. The second-order valence-electron chi connectivity index (χ2n) is 3.97. The molecule has 94 valence electrons. The zero-order chi connectivity index (χ0) is 13.3. The third-order valence-corrected chi connectivity index (χ3v) is 3.39. The Bertz CT molecular complexity index is 613. The van der Waals surface area contributed by atoms with Crippen molar-refractivity contribution in [3.63, 3.8) is 0 Å². The van der Waals surface area contributed by atoms with Crippen LogP contribution in [0, 0.1) is 6.92 Å². The minimum absolute atomic E-state index is 0.105. The van der Waals surface area contributed by atoms with Crippen molar-refractivity contribution in [2.24, 2.45) is 0 Å². The van der Waals surface area contributed by atoms with Gasteiger partial charge in [-0.2, -0.15) is 0 Å². The Labute approximate surface area is 108 Å².